The zero-order chi connectivity index (χ0) is 11.0. The Hall–Kier alpha value is -0.350. The molecule has 0 radical (unpaired) electrons. The van der Waals surface area contributed by atoms with Gasteiger partial charge in [0, 0.05) is 0 Å². The second kappa shape index (κ2) is 3.66. The summed E-state index contributed by atoms with van der Waals surface area (Å²) in [5, 5.41) is 0. The van der Waals surface area contributed by atoms with Gasteiger partial charge in [0.15, 0.2) is 0 Å². The molecule has 0 saturated heterocycles. The van der Waals surface area contributed by atoms with E-state index in [0.717, 1.165) is 18.4 Å². The van der Waals surface area contributed by atoms with Crippen LogP contribution in [0.2, 0.25) is 0 Å². The molecule has 14 heavy (non-hydrogen) atoms. The van der Waals surface area contributed by atoms with E-state index in [1.54, 1.807) is 6.92 Å². The van der Waals surface area contributed by atoms with Gasteiger partial charge in [-0.2, -0.15) is 8.42 Å². The standard InChI is InChI=1S/C10H18O3S/c1-8(2)9-4-6-10(3,7-5-9)14(11,12)13/h9H,1,4-7H2,2-3H3,(H,11,12,13). The molecule has 0 aromatic heterocycles. The minimum atomic E-state index is -3.90. The van der Waals surface area contributed by atoms with Crippen molar-refractivity contribution < 1.29 is 13.0 Å². The van der Waals surface area contributed by atoms with Crippen LogP contribution in [-0.2, 0) is 10.1 Å². The first kappa shape index (κ1) is 11.7. The summed E-state index contributed by atoms with van der Waals surface area (Å²) in [5.74, 6) is 0.421. The Bertz CT molecular complexity index is 321. The highest BCUT2D eigenvalue weighted by Crippen LogP contribution is 2.39. The maximum atomic E-state index is 11.1. The summed E-state index contributed by atoms with van der Waals surface area (Å²) < 4.78 is 30.4. The molecule has 0 amide bonds. The Kier molecular flexibility index (Phi) is 3.07. The minimum Gasteiger partial charge on any atom is -0.285 e. The highest BCUT2D eigenvalue weighted by molar-refractivity contribution is 7.87. The summed E-state index contributed by atoms with van der Waals surface area (Å²) in [6.45, 7) is 7.47. The second-order valence-corrected chi connectivity index (χ2v) is 6.48. The Morgan fingerprint density at radius 2 is 1.86 bits per heavy atom. The third-order valence-electron chi connectivity index (χ3n) is 3.36. The largest absolute Gasteiger partial charge is 0.285 e. The lowest BCUT2D eigenvalue weighted by atomic mass is 9.79. The van der Waals surface area contributed by atoms with Crippen molar-refractivity contribution in [1.82, 2.24) is 0 Å². The highest BCUT2D eigenvalue weighted by Gasteiger charge is 2.41. The topological polar surface area (TPSA) is 54.4 Å². The summed E-state index contributed by atoms with van der Waals surface area (Å²) in [5.41, 5.74) is 1.11. The Morgan fingerprint density at radius 3 is 2.14 bits per heavy atom. The van der Waals surface area contributed by atoms with Gasteiger partial charge in [0.05, 0.1) is 4.75 Å². The molecule has 1 aliphatic rings. The zero-order valence-corrected chi connectivity index (χ0v) is 9.60. The van der Waals surface area contributed by atoms with Crippen molar-refractivity contribution in [2.45, 2.75) is 44.3 Å². The minimum absolute atomic E-state index is 0.421. The molecule has 1 fully saturated rings. The van der Waals surface area contributed by atoms with E-state index >= 15 is 0 Å². The fraction of sp³-hybridized carbons (Fsp3) is 0.800. The van der Waals surface area contributed by atoms with E-state index in [1.165, 1.54) is 0 Å². The van der Waals surface area contributed by atoms with Crippen molar-refractivity contribution in [3.63, 3.8) is 0 Å². The molecule has 3 nitrogen and oxygen atoms in total. The summed E-state index contributed by atoms with van der Waals surface area (Å²) in [4.78, 5) is 0. The van der Waals surface area contributed by atoms with Gasteiger partial charge < -0.3 is 0 Å². The molecular formula is C10H18O3S. The van der Waals surface area contributed by atoms with Gasteiger partial charge in [-0.1, -0.05) is 12.2 Å². The monoisotopic (exact) mass is 218 g/mol. The Balaban J connectivity index is 2.72. The van der Waals surface area contributed by atoms with Crippen LogP contribution in [0.25, 0.3) is 0 Å². The first-order valence-electron chi connectivity index (χ1n) is 4.89. The van der Waals surface area contributed by atoms with E-state index in [4.69, 9.17) is 4.55 Å². The number of rotatable bonds is 2. The molecule has 0 heterocycles. The van der Waals surface area contributed by atoms with Gasteiger partial charge >= 0.3 is 0 Å². The van der Waals surface area contributed by atoms with Gasteiger partial charge in [0.2, 0.25) is 0 Å². The molecule has 0 atom stereocenters. The van der Waals surface area contributed by atoms with Crippen LogP contribution < -0.4 is 0 Å². The summed E-state index contributed by atoms with van der Waals surface area (Å²) >= 11 is 0. The van der Waals surface area contributed by atoms with Gasteiger partial charge in [-0.15, -0.1) is 0 Å². The Morgan fingerprint density at radius 1 is 1.43 bits per heavy atom. The highest BCUT2D eigenvalue weighted by atomic mass is 32.2. The summed E-state index contributed by atoms with van der Waals surface area (Å²) in [6, 6.07) is 0. The van der Waals surface area contributed by atoms with E-state index in [2.05, 4.69) is 6.58 Å². The second-order valence-electron chi connectivity index (χ2n) is 4.55. The molecular weight excluding hydrogens is 200 g/mol. The van der Waals surface area contributed by atoms with Gasteiger partial charge in [-0.05, 0) is 45.4 Å². The molecule has 0 unspecified atom stereocenters. The summed E-state index contributed by atoms with van der Waals surface area (Å²) in [6.07, 6.45) is 2.68. The zero-order valence-electron chi connectivity index (χ0n) is 8.78. The number of hydrogen-bond acceptors (Lipinski definition) is 2. The van der Waals surface area contributed by atoms with E-state index in [9.17, 15) is 8.42 Å². The number of hydrogen-bond donors (Lipinski definition) is 1. The van der Waals surface area contributed by atoms with Crippen LogP contribution in [0.5, 0.6) is 0 Å². The molecule has 0 bridgehead atoms. The normalized spacial score (nSPS) is 34.1. The third kappa shape index (κ3) is 2.17. The lowest BCUT2D eigenvalue weighted by Crippen LogP contribution is -2.39. The predicted octanol–water partition coefficient (Wildman–Crippen LogP) is 2.40. The van der Waals surface area contributed by atoms with Crippen LogP contribution in [0.4, 0.5) is 0 Å². The van der Waals surface area contributed by atoms with Crippen LogP contribution in [-0.4, -0.2) is 17.7 Å². The molecule has 1 saturated carbocycles. The van der Waals surface area contributed by atoms with E-state index in [1.807, 2.05) is 6.92 Å². The van der Waals surface area contributed by atoms with Gasteiger partial charge in [-0.25, -0.2) is 0 Å². The summed E-state index contributed by atoms with van der Waals surface area (Å²) in [7, 11) is -3.90. The quantitative estimate of drug-likeness (QED) is 0.572. The first-order valence-corrected chi connectivity index (χ1v) is 6.33. The van der Waals surface area contributed by atoms with Crippen molar-refractivity contribution in [2.24, 2.45) is 5.92 Å². The molecule has 0 aromatic carbocycles. The molecule has 0 aliphatic heterocycles. The molecule has 0 spiro atoms. The smallest absolute Gasteiger partial charge is 0.270 e. The molecule has 1 N–H and O–H groups in total. The fourth-order valence-corrected chi connectivity index (χ4v) is 2.73. The lowest BCUT2D eigenvalue weighted by Gasteiger charge is -2.34. The van der Waals surface area contributed by atoms with Crippen molar-refractivity contribution in [2.75, 3.05) is 0 Å². The molecule has 1 aliphatic carbocycles. The van der Waals surface area contributed by atoms with Crippen LogP contribution in [0.3, 0.4) is 0 Å². The van der Waals surface area contributed by atoms with E-state index < -0.39 is 14.9 Å². The molecule has 4 heteroatoms. The van der Waals surface area contributed by atoms with Crippen LogP contribution in [0.1, 0.15) is 39.5 Å². The van der Waals surface area contributed by atoms with Gasteiger partial charge in [0.1, 0.15) is 0 Å². The fourth-order valence-electron chi connectivity index (χ4n) is 1.98. The molecule has 0 aromatic rings. The maximum absolute atomic E-state index is 11.1. The Labute approximate surface area is 86.0 Å². The molecule has 82 valence electrons. The van der Waals surface area contributed by atoms with E-state index in [0.29, 0.717) is 18.8 Å². The predicted molar refractivity (Wildman–Crippen MR) is 56.7 cm³/mol. The number of allylic oxidation sites excluding steroid dienone is 1. The maximum Gasteiger partial charge on any atom is 0.270 e. The van der Waals surface area contributed by atoms with Crippen molar-refractivity contribution in [3.05, 3.63) is 12.2 Å². The van der Waals surface area contributed by atoms with Crippen molar-refractivity contribution in [1.29, 1.82) is 0 Å². The average molecular weight is 218 g/mol. The third-order valence-corrected chi connectivity index (χ3v) is 5.02. The van der Waals surface area contributed by atoms with Crippen LogP contribution in [0, 0.1) is 5.92 Å². The van der Waals surface area contributed by atoms with Gasteiger partial charge in [0.25, 0.3) is 10.1 Å². The first-order chi connectivity index (χ1) is 6.26. The van der Waals surface area contributed by atoms with Gasteiger partial charge in [-0.3, -0.25) is 4.55 Å². The van der Waals surface area contributed by atoms with Crippen molar-refractivity contribution >= 4 is 10.1 Å². The average Bonchev–Trinajstić information content (AvgIpc) is 2.03. The van der Waals surface area contributed by atoms with Crippen LogP contribution in [0.15, 0.2) is 12.2 Å². The van der Waals surface area contributed by atoms with E-state index in [-0.39, 0.29) is 0 Å². The lowest BCUT2D eigenvalue weighted by molar-refractivity contribution is 0.312. The van der Waals surface area contributed by atoms with Crippen molar-refractivity contribution in [3.8, 4) is 0 Å². The molecule has 1 rings (SSSR count). The van der Waals surface area contributed by atoms with Crippen LogP contribution >= 0.6 is 0 Å². The SMILES string of the molecule is C=C(C)C1CCC(C)(S(=O)(=O)O)CC1.